The highest BCUT2D eigenvalue weighted by Crippen LogP contribution is 2.48. The number of nitrogens with one attached hydrogen (secondary N) is 1. The highest BCUT2D eigenvalue weighted by molar-refractivity contribution is 5.80. The molecule has 0 saturated carbocycles. The molecule has 2 aromatic rings. The van der Waals surface area contributed by atoms with E-state index in [4.69, 9.17) is 18.9 Å². The Hall–Kier alpha value is -3.22. The van der Waals surface area contributed by atoms with E-state index < -0.39 is 0 Å². The smallest absolute Gasteiger partial charge is 0.220 e. The molecule has 0 fully saturated rings. The second-order valence-electron chi connectivity index (χ2n) is 6.74. The average molecular weight is 399 g/mol. The zero-order valence-electron chi connectivity index (χ0n) is 17.3. The Kier molecular flexibility index (Phi) is 5.96. The highest BCUT2D eigenvalue weighted by Gasteiger charge is 2.28. The number of methoxy groups -OCH3 is 4. The number of hydrogen-bond acceptors (Lipinski definition) is 6. The van der Waals surface area contributed by atoms with Crippen LogP contribution >= 0.6 is 0 Å². The van der Waals surface area contributed by atoms with Crippen LogP contribution < -0.4 is 29.7 Å². The van der Waals surface area contributed by atoms with Crippen molar-refractivity contribution in [1.82, 2.24) is 5.32 Å². The molecule has 3 rings (SSSR count). The van der Waals surface area contributed by atoms with E-state index in [0.29, 0.717) is 30.1 Å². The van der Waals surface area contributed by atoms with Gasteiger partial charge in [-0.05, 0) is 47.7 Å². The third-order valence-electron chi connectivity index (χ3n) is 5.12. The molecule has 1 amide bonds. The maximum Gasteiger partial charge on any atom is 0.220 e. The van der Waals surface area contributed by atoms with E-state index in [2.05, 4.69) is 5.32 Å². The van der Waals surface area contributed by atoms with Crippen molar-refractivity contribution in [3.8, 4) is 34.1 Å². The third-order valence-corrected chi connectivity index (χ3v) is 5.12. The Morgan fingerprint density at radius 2 is 1.62 bits per heavy atom. The van der Waals surface area contributed by atoms with Gasteiger partial charge in [0.2, 0.25) is 17.1 Å². The van der Waals surface area contributed by atoms with Gasteiger partial charge in [0.15, 0.2) is 17.2 Å². The van der Waals surface area contributed by atoms with Crippen LogP contribution in [0.1, 0.15) is 30.5 Å². The highest BCUT2D eigenvalue weighted by atomic mass is 16.5. The van der Waals surface area contributed by atoms with Crippen LogP contribution in [-0.2, 0) is 11.2 Å². The zero-order valence-corrected chi connectivity index (χ0v) is 17.3. The molecule has 0 unspecified atom stereocenters. The number of benzene rings is 1. The second-order valence-corrected chi connectivity index (χ2v) is 6.74. The molecule has 0 saturated heterocycles. The lowest BCUT2D eigenvalue weighted by Crippen LogP contribution is -2.26. The van der Waals surface area contributed by atoms with Crippen molar-refractivity contribution in [1.29, 1.82) is 0 Å². The number of ether oxygens (including phenoxy) is 4. The van der Waals surface area contributed by atoms with E-state index in [1.807, 2.05) is 12.1 Å². The van der Waals surface area contributed by atoms with Crippen LogP contribution in [-0.4, -0.2) is 34.3 Å². The largest absolute Gasteiger partial charge is 0.493 e. The van der Waals surface area contributed by atoms with Crippen LogP contribution in [0.2, 0.25) is 0 Å². The van der Waals surface area contributed by atoms with E-state index in [-0.39, 0.29) is 23.1 Å². The molecule has 0 bridgehead atoms. The summed E-state index contributed by atoms with van der Waals surface area (Å²) in [6.45, 7) is 1.46. The minimum absolute atomic E-state index is 0.167. The van der Waals surface area contributed by atoms with Crippen molar-refractivity contribution < 1.29 is 23.7 Å². The SMILES string of the molecule is COc1cc2c(c(OC)c1OC)CC[C@H](NC(C)=O)c1cc(=O)c(OC)ccc1-2. The van der Waals surface area contributed by atoms with Gasteiger partial charge in [0.1, 0.15) is 0 Å². The van der Waals surface area contributed by atoms with Crippen molar-refractivity contribution in [2.24, 2.45) is 0 Å². The molecule has 2 aromatic carbocycles. The lowest BCUT2D eigenvalue weighted by atomic mass is 9.96. The van der Waals surface area contributed by atoms with Crippen molar-refractivity contribution in [2.45, 2.75) is 25.8 Å². The molecule has 0 aliphatic heterocycles. The van der Waals surface area contributed by atoms with Crippen molar-refractivity contribution in [2.75, 3.05) is 28.4 Å². The fraction of sp³-hybridized carbons (Fsp3) is 0.364. The van der Waals surface area contributed by atoms with Gasteiger partial charge in [-0.15, -0.1) is 0 Å². The Morgan fingerprint density at radius 3 is 2.21 bits per heavy atom. The van der Waals surface area contributed by atoms with Crippen molar-refractivity contribution >= 4 is 5.91 Å². The fourth-order valence-electron chi connectivity index (χ4n) is 3.87. The summed E-state index contributed by atoms with van der Waals surface area (Å²) >= 11 is 0. The number of carbonyl (C=O) groups excluding carboxylic acids is 1. The number of rotatable bonds is 5. The van der Waals surface area contributed by atoms with Gasteiger partial charge >= 0.3 is 0 Å². The summed E-state index contributed by atoms with van der Waals surface area (Å²) in [6, 6.07) is 6.56. The van der Waals surface area contributed by atoms with Gasteiger partial charge < -0.3 is 24.3 Å². The van der Waals surface area contributed by atoms with Crippen LogP contribution in [0.25, 0.3) is 11.1 Å². The van der Waals surface area contributed by atoms with Gasteiger partial charge in [-0.1, -0.05) is 6.07 Å². The Balaban J connectivity index is 2.39. The summed E-state index contributed by atoms with van der Waals surface area (Å²) in [5, 5.41) is 2.96. The summed E-state index contributed by atoms with van der Waals surface area (Å²) in [5.74, 6) is 1.68. The quantitative estimate of drug-likeness (QED) is 0.833. The third kappa shape index (κ3) is 3.72. The standard InChI is InChI=1S/C22H25NO6/c1-12(24)23-17-8-6-14-15(11-20(27-3)22(29-5)21(14)28-4)13-7-9-19(26-2)18(25)10-16(13)17/h7,9-11,17H,6,8H2,1-5H3,(H,23,24)/t17-/m0/s1. The first-order valence-corrected chi connectivity index (χ1v) is 9.26. The van der Waals surface area contributed by atoms with Crippen LogP contribution in [0.4, 0.5) is 0 Å². The molecule has 154 valence electrons. The molecule has 0 aromatic heterocycles. The van der Waals surface area contributed by atoms with E-state index in [9.17, 15) is 9.59 Å². The second kappa shape index (κ2) is 8.43. The monoisotopic (exact) mass is 399 g/mol. The number of hydrogen-bond donors (Lipinski definition) is 1. The van der Waals surface area contributed by atoms with E-state index in [0.717, 1.165) is 22.3 Å². The van der Waals surface area contributed by atoms with Crippen LogP contribution in [0, 0.1) is 0 Å². The Bertz CT molecular complexity index is 1000. The minimum Gasteiger partial charge on any atom is -0.493 e. The summed E-state index contributed by atoms with van der Waals surface area (Å²) in [6.07, 6.45) is 1.21. The predicted molar refractivity (Wildman–Crippen MR) is 109 cm³/mol. The van der Waals surface area contributed by atoms with Gasteiger partial charge in [-0.2, -0.15) is 0 Å². The molecule has 1 aliphatic carbocycles. The van der Waals surface area contributed by atoms with Gasteiger partial charge in [0.25, 0.3) is 0 Å². The van der Waals surface area contributed by atoms with Crippen LogP contribution in [0.5, 0.6) is 23.0 Å². The molecule has 0 radical (unpaired) electrons. The minimum atomic E-state index is -0.332. The molecule has 1 aliphatic rings. The molecular formula is C22H25NO6. The zero-order chi connectivity index (χ0) is 21.1. The summed E-state index contributed by atoms with van der Waals surface area (Å²) < 4.78 is 21.9. The predicted octanol–water partition coefficient (Wildman–Crippen LogP) is 2.87. The molecule has 1 atom stereocenters. The molecule has 7 heteroatoms. The van der Waals surface area contributed by atoms with Gasteiger partial charge in [-0.3, -0.25) is 9.59 Å². The molecule has 0 heterocycles. The lowest BCUT2D eigenvalue weighted by Gasteiger charge is -2.18. The maximum absolute atomic E-state index is 12.6. The Morgan fingerprint density at radius 1 is 0.931 bits per heavy atom. The average Bonchev–Trinajstić information content (AvgIpc) is 2.95. The molecule has 0 spiro atoms. The summed E-state index contributed by atoms with van der Waals surface area (Å²) in [5.41, 5.74) is 3.06. The molecular weight excluding hydrogens is 374 g/mol. The molecule has 7 nitrogen and oxygen atoms in total. The van der Waals surface area contributed by atoms with Crippen molar-refractivity contribution in [3.63, 3.8) is 0 Å². The van der Waals surface area contributed by atoms with Crippen LogP contribution in [0.3, 0.4) is 0 Å². The van der Waals surface area contributed by atoms with Crippen molar-refractivity contribution in [3.05, 3.63) is 45.6 Å². The van der Waals surface area contributed by atoms with Gasteiger partial charge in [0, 0.05) is 12.5 Å². The topological polar surface area (TPSA) is 83.1 Å². The van der Waals surface area contributed by atoms with Gasteiger partial charge in [-0.25, -0.2) is 0 Å². The Labute approximate surface area is 169 Å². The first-order chi connectivity index (χ1) is 13.9. The molecule has 29 heavy (non-hydrogen) atoms. The molecule has 1 N–H and O–H groups in total. The first kappa shape index (κ1) is 20.5. The lowest BCUT2D eigenvalue weighted by molar-refractivity contribution is -0.119. The van der Waals surface area contributed by atoms with E-state index in [1.165, 1.54) is 20.1 Å². The number of fused-ring (bicyclic) bond motifs is 3. The summed E-state index contributed by atoms with van der Waals surface area (Å²) in [7, 11) is 6.16. The van der Waals surface area contributed by atoms with E-state index >= 15 is 0 Å². The number of carbonyl (C=O) groups is 1. The fourth-order valence-corrected chi connectivity index (χ4v) is 3.87. The summed E-state index contributed by atoms with van der Waals surface area (Å²) in [4.78, 5) is 24.5. The van der Waals surface area contributed by atoms with Crippen LogP contribution in [0.15, 0.2) is 29.1 Å². The first-order valence-electron chi connectivity index (χ1n) is 9.26. The maximum atomic E-state index is 12.6. The number of amides is 1. The normalized spacial score (nSPS) is 14.7. The van der Waals surface area contributed by atoms with Gasteiger partial charge in [0.05, 0.1) is 34.5 Å². The van der Waals surface area contributed by atoms with E-state index in [1.54, 1.807) is 27.4 Å².